The van der Waals surface area contributed by atoms with Crippen molar-refractivity contribution in [3.63, 3.8) is 0 Å². The molecule has 3 rings (SSSR count). The topological polar surface area (TPSA) is 83.3 Å². The number of benzene rings is 1. The van der Waals surface area contributed by atoms with Crippen LogP contribution >= 0.6 is 0 Å². The highest BCUT2D eigenvalue weighted by atomic mass is 16.5. The molecule has 0 atom stereocenters. The first-order chi connectivity index (χ1) is 14.0. The monoisotopic (exact) mass is 399 g/mol. The molecule has 1 saturated heterocycles. The van der Waals surface area contributed by atoms with Crippen molar-refractivity contribution in [2.45, 2.75) is 13.5 Å². The van der Waals surface area contributed by atoms with Crippen LogP contribution in [-0.2, 0) is 16.1 Å². The average Bonchev–Trinajstić information content (AvgIpc) is 3.28. The predicted molar refractivity (Wildman–Crippen MR) is 105 cm³/mol. The van der Waals surface area contributed by atoms with Crippen LogP contribution in [0.5, 0.6) is 5.75 Å². The molecule has 1 aromatic carbocycles. The fourth-order valence-corrected chi connectivity index (χ4v) is 3.21. The summed E-state index contributed by atoms with van der Waals surface area (Å²) < 4.78 is 10.3. The van der Waals surface area contributed by atoms with Gasteiger partial charge in [-0.3, -0.25) is 14.4 Å². The van der Waals surface area contributed by atoms with Gasteiger partial charge in [-0.25, -0.2) is 0 Å². The van der Waals surface area contributed by atoms with Crippen molar-refractivity contribution in [2.24, 2.45) is 0 Å². The van der Waals surface area contributed by atoms with Crippen LogP contribution in [-0.4, -0.2) is 72.3 Å². The second kappa shape index (κ2) is 9.27. The van der Waals surface area contributed by atoms with Crippen molar-refractivity contribution < 1.29 is 23.5 Å². The Morgan fingerprint density at radius 2 is 1.69 bits per heavy atom. The largest absolute Gasteiger partial charge is 0.497 e. The van der Waals surface area contributed by atoms with Crippen LogP contribution in [0, 0.1) is 0 Å². The Bertz CT molecular complexity index is 840. The molecule has 0 unspecified atom stereocenters. The first-order valence-electron chi connectivity index (χ1n) is 9.47. The van der Waals surface area contributed by atoms with E-state index < -0.39 is 0 Å². The molecule has 0 radical (unpaired) electrons. The van der Waals surface area contributed by atoms with Crippen molar-refractivity contribution in [2.75, 3.05) is 39.8 Å². The molecule has 0 N–H and O–H groups in total. The lowest BCUT2D eigenvalue weighted by molar-refractivity contribution is -0.140. The van der Waals surface area contributed by atoms with Crippen LogP contribution in [0.4, 0.5) is 0 Å². The van der Waals surface area contributed by atoms with E-state index in [0.717, 1.165) is 11.3 Å². The van der Waals surface area contributed by atoms with Crippen LogP contribution in [0.1, 0.15) is 23.0 Å². The minimum Gasteiger partial charge on any atom is -0.497 e. The molecule has 1 fully saturated rings. The van der Waals surface area contributed by atoms with Gasteiger partial charge in [-0.15, -0.1) is 0 Å². The number of carbonyl (C=O) groups is 3. The molecule has 0 spiro atoms. The number of rotatable bonds is 6. The van der Waals surface area contributed by atoms with Crippen LogP contribution in [0.25, 0.3) is 0 Å². The molecule has 8 nitrogen and oxygen atoms in total. The Balaban J connectivity index is 1.53. The summed E-state index contributed by atoms with van der Waals surface area (Å²) in [5.74, 6) is 0.569. The van der Waals surface area contributed by atoms with E-state index in [1.807, 2.05) is 24.3 Å². The summed E-state index contributed by atoms with van der Waals surface area (Å²) in [6.45, 7) is 3.54. The van der Waals surface area contributed by atoms with Gasteiger partial charge in [-0.2, -0.15) is 0 Å². The van der Waals surface area contributed by atoms with Gasteiger partial charge in [0, 0.05) is 39.6 Å². The number of amides is 3. The highest BCUT2D eigenvalue weighted by molar-refractivity contribution is 5.91. The Labute approximate surface area is 169 Å². The smallest absolute Gasteiger partial charge is 0.289 e. The minimum absolute atomic E-state index is 0.00743. The van der Waals surface area contributed by atoms with E-state index in [4.69, 9.17) is 9.15 Å². The average molecular weight is 399 g/mol. The van der Waals surface area contributed by atoms with Gasteiger partial charge in [0.25, 0.3) is 5.91 Å². The van der Waals surface area contributed by atoms with Crippen LogP contribution < -0.4 is 4.74 Å². The van der Waals surface area contributed by atoms with Gasteiger partial charge in [0.2, 0.25) is 11.8 Å². The molecule has 0 bridgehead atoms. The number of methoxy groups -OCH3 is 1. The fraction of sp³-hybridized carbons (Fsp3) is 0.381. The third-order valence-electron chi connectivity index (χ3n) is 4.96. The second-order valence-corrected chi connectivity index (χ2v) is 6.87. The van der Waals surface area contributed by atoms with E-state index in [1.165, 1.54) is 18.1 Å². The lowest BCUT2D eigenvalue weighted by Gasteiger charge is -2.35. The van der Waals surface area contributed by atoms with Gasteiger partial charge in [0.1, 0.15) is 12.3 Å². The molecule has 3 amide bonds. The molecule has 1 aliphatic rings. The number of nitrogens with zero attached hydrogens (tertiary/aromatic N) is 3. The quantitative estimate of drug-likeness (QED) is 0.737. The maximum absolute atomic E-state index is 12.7. The summed E-state index contributed by atoms with van der Waals surface area (Å²) >= 11 is 0. The fourth-order valence-electron chi connectivity index (χ4n) is 3.21. The molecule has 2 aromatic rings. The third kappa shape index (κ3) is 5.16. The van der Waals surface area contributed by atoms with Crippen molar-refractivity contribution in [3.8, 4) is 5.75 Å². The van der Waals surface area contributed by atoms with Gasteiger partial charge < -0.3 is 23.9 Å². The SMILES string of the molecule is COc1ccc(CN(CC(=O)N2CCN(C(=O)c3ccco3)CC2)C(C)=O)cc1. The zero-order valence-electron chi connectivity index (χ0n) is 16.7. The van der Waals surface area contributed by atoms with E-state index in [0.29, 0.717) is 38.5 Å². The van der Waals surface area contributed by atoms with Crippen LogP contribution in [0.15, 0.2) is 47.1 Å². The molecule has 2 heterocycles. The summed E-state index contributed by atoms with van der Waals surface area (Å²) in [5, 5.41) is 0. The molecule has 1 aliphatic heterocycles. The standard InChI is InChI=1S/C21H25N3O5/c1-16(25)24(14-17-5-7-18(28-2)8-6-17)15-20(26)22-9-11-23(12-10-22)21(27)19-4-3-13-29-19/h3-8,13H,9-12,14-15H2,1-2H3. The van der Waals surface area contributed by atoms with E-state index in [2.05, 4.69) is 0 Å². The molecular weight excluding hydrogens is 374 g/mol. The molecule has 1 aromatic heterocycles. The zero-order chi connectivity index (χ0) is 20.8. The van der Waals surface area contributed by atoms with Gasteiger partial charge in [-0.1, -0.05) is 12.1 Å². The third-order valence-corrected chi connectivity index (χ3v) is 4.96. The summed E-state index contributed by atoms with van der Waals surface area (Å²) in [4.78, 5) is 41.9. The van der Waals surface area contributed by atoms with Crippen LogP contribution in [0.3, 0.4) is 0 Å². The van der Waals surface area contributed by atoms with Gasteiger partial charge in [-0.05, 0) is 29.8 Å². The summed E-state index contributed by atoms with van der Waals surface area (Å²) in [6.07, 6.45) is 1.46. The lowest BCUT2D eigenvalue weighted by atomic mass is 10.2. The highest BCUT2D eigenvalue weighted by Gasteiger charge is 2.27. The van der Waals surface area contributed by atoms with Crippen molar-refractivity contribution in [1.82, 2.24) is 14.7 Å². The summed E-state index contributed by atoms with van der Waals surface area (Å²) in [6, 6.07) is 10.7. The Morgan fingerprint density at radius 3 is 2.24 bits per heavy atom. The van der Waals surface area contributed by atoms with Crippen LogP contribution in [0.2, 0.25) is 0 Å². The second-order valence-electron chi connectivity index (χ2n) is 6.87. The number of ether oxygens (including phenoxy) is 1. The Morgan fingerprint density at radius 1 is 1.03 bits per heavy atom. The number of hydrogen-bond donors (Lipinski definition) is 0. The van der Waals surface area contributed by atoms with Gasteiger partial charge in [0.05, 0.1) is 13.4 Å². The minimum atomic E-state index is -0.174. The van der Waals surface area contributed by atoms with Gasteiger partial charge >= 0.3 is 0 Å². The number of hydrogen-bond acceptors (Lipinski definition) is 5. The molecule has 0 saturated carbocycles. The predicted octanol–water partition coefficient (Wildman–Crippen LogP) is 1.62. The maximum atomic E-state index is 12.7. The van der Waals surface area contributed by atoms with E-state index in [-0.39, 0.29) is 24.3 Å². The van der Waals surface area contributed by atoms with E-state index in [9.17, 15) is 14.4 Å². The highest BCUT2D eigenvalue weighted by Crippen LogP contribution is 2.14. The summed E-state index contributed by atoms with van der Waals surface area (Å²) in [7, 11) is 1.59. The van der Waals surface area contributed by atoms with E-state index >= 15 is 0 Å². The molecule has 8 heteroatoms. The molecule has 0 aliphatic carbocycles. The summed E-state index contributed by atoms with van der Waals surface area (Å²) in [5.41, 5.74) is 0.919. The first kappa shape index (κ1) is 20.4. The molecular formula is C21H25N3O5. The van der Waals surface area contributed by atoms with Crippen molar-refractivity contribution in [1.29, 1.82) is 0 Å². The Hall–Kier alpha value is -3.29. The van der Waals surface area contributed by atoms with E-state index in [1.54, 1.807) is 29.0 Å². The molecule has 29 heavy (non-hydrogen) atoms. The number of carbonyl (C=O) groups excluding carboxylic acids is 3. The zero-order valence-corrected chi connectivity index (χ0v) is 16.7. The molecule has 154 valence electrons. The number of piperazine rings is 1. The van der Waals surface area contributed by atoms with Gasteiger partial charge in [0.15, 0.2) is 5.76 Å². The van der Waals surface area contributed by atoms with Crippen molar-refractivity contribution in [3.05, 3.63) is 54.0 Å². The first-order valence-corrected chi connectivity index (χ1v) is 9.47. The lowest BCUT2D eigenvalue weighted by Crippen LogP contribution is -2.52. The Kier molecular flexibility index (Phi) is 6.54. The number of furan rings is 1. The van der Waals surface area contributed by atoms with Crippen molar-refractivity contribution >= 4 is 17.7 Å². The maximum Gasteiger partial charge on any atom is 0.289 e. The normalized spacial score (nSPS) is 13.9.